The molecule has 18 atom stereocenters. The molecule has 27 nitrogen and oxygen atoms in total. The molecule has 133 heavy (non-hydrogen) atoms. The van der Waals surface area contributed by atoms with Crippen molar-refractivity contribution in [2.75, 3.05) is 95.1 Å². The molecule has 10 aromatic rings. The summed E-state index contributed by atoms with van der Waals surface area (Å²) in [5.41, 5.74) is 20.3. The van der Waals surface area contributed by atoms with Gasteiger partial charge in [0.1, 0.15) is 11.6 Å². The highest BCUT2D eigenvalue weighted by Crippen LogP contribution is 2.59. The minimum Gasteiger partial charge on any atom is -0.466 e. The molecule has 5 aromatic heterocycles. The van der Waals surface area contributed by atoms with Crippen LogP contribution in [0, 0.1) is 59.2 Å². The normalized spacial score (nSPS) is 28.1. The van der Waals surface area contributed by atoms with E-state index in [1.54, 1.807) is 7.11 Å². The predicted octanol–water partition coefficient (Wildman–Crippen LogP) is 13.4. The van der Waals surface area contributed by atoms with Gasteiger partial charge in [0.25, 0.3) is 0 Å². The third-order valence-corrected chi connectivity index (χ3v) is 31.3. The van der Waals surface area contributed by atoms with E-state index in [0.29, 0.717) is 60.4 Å². The summed E-state index contributed by atoms with van der Waals surface area (Å²) in [6.45, 7) is 10.9. The third kappa shape index (κ3) is 16.1. The van der Waals surface area contributed by atoms with Crippen LogP contribution >= 0.6 is 0 Å². The van der Waals surface area contributed by atoms with Gasteiger partial charge in [-0.1, -0.05) is 117 Å². The molecule has 0 amide bonds. The Morgan fingerprint density at radius 2 is 0.955 bits per heavy atom. The number of fused-ring (bicyclic) bond motifs is 25. The Kier molecular flexibility index (Phi) is 25.3. The van der Waals surface area contributed by atoms with Crippen molar-refractivity contribution in [1.82, 2.24) is 49.4 Å². The van der Waals surface area contributed by atoms with Crippen LogP contribution in [-0.4, -0.2) is 230 Å². The summed E-state index contributed by atoms with van der Waals surface area (Å²) in [5.74, 6) is -0.795. The fraction of sp³-hybridized carbons (Fsp3) is 0.425. The summed E-state index contributed by atoms with van der Waals surface area (Å²) >= 11 is 0. The van der Waals surface area contributed by atoms with Crippen LogP contribution in [0.3, 0.4) is 0 Å². The number of H-pyrrole nitrogens is 5. The van der Waals surface area contributed by atoms with Gasteiger partial charge in [0, 0.05) is 204 Å². The number of esters is 5. The van der Waals surface area contributed by atoms with E-state index < -0.39 is 17.5 Å². The van der Waals surface area contributed by atoms with Crippen LogP contribution < -0.4 is 0 Å². The molecule has 9 aliphatic heterocycles. The number of hydrogen-bond donors (Lipinski definition) is 10. The van der Waals surface area contributed by atoms with Crippen LogP contribution in [0.1, 0.15) is 116 Å². The molecule has 13 aliphatic rings. The summed E-state index contributed by atoms with van der Waals surface area (Å²) in [5, 5.41) is 58.9. The maximum atomic E-state index is 12.4. The molecule has 696 valence electrons. The Hall–Kier alpha value is -12.2. The SMILES string of the molecule is COC(=O)C1=CN(CCc2c[nH]c3ccccc23)C=C2[C@@H]1CC(OC)O[C@H]2C.COC(=O)C1=CN(CCc2c[nH]c3ccccc23)C[C@@H]2[C@@H](C)[C@@H](O)C[C@H]12.COC(=O)C1=CN2CCc3c([nH]c4ccccc34)[C@@H]2[C@@H]2[C@@H](C)[C@@H](O)C[C@H]12.COC(=O)C1=CN2CCc3c([nH]c4ccccc34)[C@@H]2[C@@]2(O)C(CO)=CC[C@H]12.COC(=O)C1=CN2CCc3c([nH]c4ccccc34)[C@H]2[C@@H]2C(CO)=CC[C@H]12. The van der Waals surface area contributed by atoms with Crippen molar-refractivity contribution in [3.63, 3.8) is 0 Å². The Morgan fingerprint density at radius 3 is 1.52 bits per heavy atom. The Morgan fingerprint density at radius 1 is 0.481 bits per heavy atom. The van der Waals surface area contributed by atoms with Gasteiger partial charge in [0.05, 0.1) is 107 Å². The van der Waals surface area contributed by atoms with E-state index in [1.807, 2.05) is 79.2 Å². The second kappa shape index (κ2) is 37.3. The lowest BCUT2D eigenvalue weighted by molar-refractivity contribution is -0.168. The summed E-state index contributed by atoms with van der Waals surface area (Å²) in [4.78, 5) is 90.1. The Bertz CT molecular complexity index is 6410. The zero-order valence-electron chi connectivity index (χ0n) is 76.7. The van der Waals surface area contributed by atoms with Gasteiger partial charge >= 0.3 is 29.8 Å². The molecule has 0 bridgehead atoms. The quantitative estimate of drug-likeness (QED) is 0.0275. The van der Waals surface area contributed by atoms with Crippen molar-refractivity contribution >= 4 is 84.4 Å². The van der Waals surface area contributed by atoms with E-state index in [0.717, 1.165) is 121 Å². The maximum absolute atomic E-state index is 12.4. The average Bonchev–Trinajstić information content (AvgIpc) is 1.59. The van der Waals surface area contributed by atoms with Gasteiger partial charge in [-0.15, -0.1) is 0 Å². The van der Waals surface area contributed by atoms with Crippen molar-refractivity contribution in [3.05, 3.63) is 273 Å². The number of nitrogens with zero attached hydrogens (tertiary/aromatic N) is 5. The van der Waals surface area contributed by atoms with Crippen LogP contribution in [0.4, 0.5) is 0 Å². The van der Waals surface area contributed by atoms with Crippen molar-refractivity contribution in [2.24, 2.45) is 59.2 Å². The largest absolute Gasteiger partial charge is 0.466 e. The molecule has 1 unspecified atom stereocenters. The van der Waals surface area contributed by atoms with E-state index in [2.05, 4.69) is 174 Å². The lowest BCUT2D eigenvalue weighted by Gasteiger charge is -2.50. The number of carbonyl (C=O) groups excluding carboxylic acids is 5. The van der Waals surface area contributed by atoms with Gasteiger partial charge < -0.3 is 108 Å². The molecule has 1 saturated heterocycles. The van der Waals surface area contributed by atoms with Crippen LogP contribution in [0.2, 0.25) is 0 Å². The summed E-state index contributed by atoms with van der Waals surface area (Å²) in [6, 6.07) is 41.6. The fourth-order valence-corrected chi connectivity index (χ4v) is 24.7. The first-order valence-electron chi connectivity index (χ1n) is 46.8. The number of carbonyl (C=O) groups is 5. The molecular weight excluding hydrogens is 1690 g/mol. The lowest BCUT2D eigenvalue weighted by atomic mass is 9.70. The molecule has 2 saturated carbocycles. The number of aliphatic hydroxyl groups excluding tert-OH is 4. The summed E-state index contributed by atoms with van der Waals surface area (Å²) in [6.07, 6.45) is 26.4. The van der Waals surface area contributed by atoms with Gasteiger partial charge in [0.15, 0.2) is 6.29 Å². The zero-order chi connectivity index (χ0) is 92.5. The smallest absolute Gasteiger partial charge is 0.335 e. The van der Waals surface area contributed by atoms with Crippen molar-refractivity contribution in [2.45, 2.75) is 133 Å². The highest BCUT2D eigenvalue weighted by molar-refractivity contribution is 5.94. The van der Waals surface area contributed by atoms with Gasteiger partial charge in [-0.05, 0) is 169 Å². The highest BCUT2D eigenvalue weighted by atomic mass is 16.7. The number of para-hydroxylation sites is 5. The predicted molar refractivity (Wildman–Crippen MR) is 503 cm³/mol. The number of allylic oxidation sites excluding steroid dienone is 2. The minimum atomic E-state index is -1.34. The maximum Gasteiger partial charge on any atom is 0.335 e. The molecular formula is C106H120N10O17. The van der Waals surface area contributed by atoms with E-state index in [4.69, 9.17) is 33.2 Å². The molecule has 10 N–H and O–H groups in total. The van der Waals surface area contributed by atoms with Gasteiger partial charge in [-0.2, -0.15) is 0 Å². The molecule has 0 radical (unpaired) electrons. The molecule has 27 heteroatoms. The highest BCUT2D eigenvalue weighted by Gasteiger charge is 2.60. The number of benzene rings is 5. The summed E-state index contributed by atoms with van der Waals surface area (Å²) < 4.78 is 36.4. The van der Waals surface area contributed by atoms with Crippen LogP contribution in [0.5, 0.6) is 0 Å². The first-order chi connectivity index (χ1) is 64.6. The van der Waals surface area contributed by atoms with Crippen molar-refractivity contribution < 1.29 is 82.7 Å². The molecule has 0 spiro atoms. The average molecular weight is 1810 g/mol. The second-order valence-corrected chi connectivity index (χ2v) is 37.7. The van der Waals surface area contributed by atoms with Crippen molar-refractivity contribution in [3.8, 4) is 0 Å². The number of ether oxygens (including phenoxy) is 7. The first kappa shape index (κ1) is 90.0. The monoisotopic (exact) mass is 1800 g/mol. The van der Waals surface area contributed by atoms with Gasteiger partial charge in [-0.25, -0.2) is 24.0 Å². The standard InChI is InChI=1S/C22H26N2O4.C21H22N2O4.C21H24N2O3.C21H22N2O3.C21H26N2O3/c1-14-18-12-24(9-8-15-11-23-20-7-5-4-6-16(15)20)13-19(22(25)27-3)17(18)10-21(26-2)28-14;1-27-20(25)15-10-23-9-8-14-13-4-2-3-5-17(13)22-18(14)19(23)21(26)12(11-24)6-7-16(15)21;1-11-17(24)9-14-15(21(25)26-2)10-23-8-7-13-12-5-3-4-6-16(12)22-19(13)20(23)18(11)14;1-26-21(25)16-10-23-9-8-15-13-4-2-3-5-17(13)22-19(15)20(23)18-12(11-24)6-7-14(16)18;1-13-17-11-23(12-18(21(25)26-2)16(17)9-20(13)24)8-7-14-10-22-19-6-4-3-5-15(14)19/h4-7,11-14,17,21,23H,8-10H2,1-3H3;2-6,10,16,19,22,24,26H,7-9,11H2,1H3;3-6,10-11,14,17-18,20,22,24H,7-9H2,1-2H3;2-6,10,14,18,20,22,24H,7-9,11H2,1H3;3-6,10,12-13,16-17,20,22,24H,7-9,11H2,1-2H3/t14-,17-,21?;16-,19-,21-;11-,14+,17-,18+,20-;14-,18-,20-;13-,16+,17-,20+/m01011/s1. The van der Waals surface area contributed by atoms with Crippen LogP contribution in [0.15, 0.2) is 228 Å². The number of nitrogens with one attached hydrogen (secondary N) is 5. The topological polar surface area (TPSA) is 346 Å². The molecule has 3 fully saturated rings. The lowest BCUT2D eigenvalue weighted by Crippen LogP contribution is -2.56. The van der Waals surface area contributed by atoms with Crippen LogP contribution in [0.25, 0.3) is 54.5 Å². The van der Waals surface area contributed by atoms with Crippen molar-refractivity contribution in [1.29, 1.82) is 0 Å². The first-order valence-corrected chi connectivity index (χ1v) is 46.8. The van der Waals surface area contributed by atoms with E-state index in [1.165, 1.54) is 107 Å². The second-order valence-electron chi connectivity index (χ2n) is 37.7. The molecule has 5 aromatic carbocycles. The van der Waals surface area contributed by atoms with Crippen LogP contribution in [-0.2, 0) is 89.2 Å². The zero-order valence-corrected chi connectivity index (χ0v) is 76.7. The number of aliphatic hydroxyl groups is 5. The van der Waals surface area contributed by atoms with Gasteiger partial charge in [-0.3, -0.25) is 0 Å². The van der Waals surface area contributed by atoms with Gasteiger partial charge in [0.2, 0.25) is 0 Å². The number of rotatable bonds is 14. The number of methoxy groups -OCH3 is 6. The number of aromatic amines is 5. The Labute approximate surface area is 772 Å². The van der Waals surface area contributed by atoms with E-state index >= 15 is 0 Å². The minimum absolute atomic E-state index is 0.0366. The number of aromatic nitrogens is 5. The van der Waals surface area contributed by atoms with E-state index in [9.17, 15) is 49.5 Å². The molecule has 14 heterocycles. The number of hydrogen-bond acceptors (Lipinski definition) is 22. The Balaban J connectivity index is 0.000000107. The molecule has 23 rings (SSSR count). The van der Waals surface area contributed by atoms with E-state index in [-0.39, 0.29) is 127 Å². The third-order valence-electron chi connectivity index (χ3n) is 31.3. The fourth-order valence-electron chi connectivity index (χ4n) is 24.7. The molecule has 4 aliphatic carbocycles. The summed E-state index contributed by atoms with van der Waals surface area (Å²) in [7, 11) is 8.71.